The highest BCUT2D eigenvalue weighted by atomic mass is 16.3. The van der Waals surface area contributed by atoms with Gasteiger partial charge in [0.1, 0.15) is 0 Å². The molecule has 0 fully saturated rings. The molecule has 1 N–H and O–H groups in total. The maximum Gasteiger partial charge on any atom is 0.223 e. The van der Waals surface area contributed by atoms with E-state index >= 15 is 0 Å². The zero-order chi connectivity index (χ0) is 14.6. The molecular formula is C16H22O3. The molecule has 0 aromatic heterocycles. The van der Waals surface area contributed by atoms with Gasteiger partial charge in [0, 0.05) is 11.1 Å². The second kappa shape index (κ2) is 6.50. The number of aliphatic hydroxyl groups excluding tert-OH is 1. The second-order valence-corrected chi connectivity index (χ2v) is 5.40. The average Bonchev–Trinajstić information content (AvgIpc) is 2.31. The lowest BCUT2D eigenvalue weighted by molar-refractivity contribution is -0.118. The fourth-order valence-electron chi connectivity index (χ4n) is 2.20. The number of rotatable bonds is 5. The van der Waals surface area contributed by atoms with Crippen molar-refractivity contribution in [3.8, 4) is 0 Å². The topological polar surface area (TPSA) is 54.4 Å². The Kier molecular flexibility index (Phi) is 5.28. The first kappa shape index (κ1) is 15.4. The largest absolute Gasteiger partial charge is 0.504 e. The molecule has 1 atom stereocenters. The molecule has 0 heterocycles. The Morgan fingerprint density at radius 3 is 2.58 bits per heavy atom. The Morgan fingerprint density at radius 2 is 2.00 bits per heavy atom. The Balaban J connectivity index is 2.71. The van der Waals surface area contributed by atoms with Gasteiger partial charge in [0.05, 0.1) is 0 Å². The average molecular weight is 262 g/mol. The Bertz CT molecular complexity index is 474. The Hall–Kier alpha value is -1.64. The highest BCUT2D eigenvalue weighted by molar-refractivity contribution is 6.21. The molecule has 19 heavy (non-hydrogen) atoms. The molecule has 1 aliphatic carbocycles. The van der Waals surface area contributed by atoms with Gasteiger partial charge < -0.3 is 5.11 Å². The monoisotopic (exact) mass is 262 g/mol. The highest BCUT2D eigenvalue weighted by Gasteiger charge is 2.29. The van der Waals surface area contributed by atoms with Crippen LogP contribution in [0.1, 0.15) is 47.0 Å². The number of carbonyl (C=O) groups is 2. The van der Waals surface area contributed by atoms with Crippen LogP contribution >= 0.6 is 0 Å². The van der Waals surface area contributed by atoms with Gasteiger partial charge in [0.15, 0.2) is 11.5 Å². The molecular weight excluding hydrogens is 240 g/mol. The lowest BCUT2D eigenvalue weighted by Crippen LogP contribution is -2.22. The lowest BCUT2D eigenvalue weighted by Gasteiger charge is -2.18. The normalized spacial score (nSPS) is 17.4. The van der Waals surface area contributed by atoms with Gasteiger partial charge in [0.25, 0.3) is 0 Å². The number of aliphatic hydroxyl groups is 1. The van der Waals surface area contributed by atoms with Gasteiger partial charge >= 0.3 is 0 Å². The van der Waals surface area contributed by atoms with E-state index in [0.717, 1.165) is 19.3 Å². The first-order chi connectivity index (χ1) is 8.84. The van der Waals surface area contributed by atoms with Gasteiger partial charge in [-0.3, -0.25) is 9.59 Å². The van der Waals surface area contributed by atoms with E-state index in [0.29, 0.717) is 5.57 Å². The summed E-state index contributed by atoms with van der Waals surface area (Å²) in [4.78, 5) is 23.6. The summed E-state index contributed by atoms with van der Waals surface area (Å²) in [5.41, 5.74) is 1.85. The molecule has 0 unspecified atom stereocenters. The van der Waals surface area contributed by atoms with E-state index in [1.165, 1.54) is 11.6 Å². The Morgan fingerprint density at radius 1 is 1.37 bits per heavy atom. The van der Waals surface area contributed by atoms with Crippen molar-refractivity contribution < 1.29 is 14.7 Å². The van der Waals surface area contributed by atoms with Crippen molar-refractivity contribution in [3.63, 3.8) is 0 Å². The lowest BCUT2D eigenvalue weighted by atomic mass is 9.85. The number of ketones is 2. The number of allylic oxidation sites excluding steroid dienone is 5. The number of hydrogen-bond donors (Lipinski definition) is 1. The second-order valence-electron chi connectivity index (χ2n) is 5.40. The zero-order valence-electron chi connectivity index (χ0n) is 12.1. The van der Waals surface area contributed by atoms with Crippen LogP contribution in [0.4, 0.5) is 0 Å². The van der Waals surface area contributed by atoms with Gasteiger partial charge in [-0.25, -0.2) is 0 Å². The summed E-state index contributed by atoms with van der Waals surface area (Å²) in [7, 11) is 0. The third-order valence-corrected chi connectivity index (χ3v) is 3.33. The predicted octanol–water partition coefficient (Wildman–Crippen LogP) is 3.67. The minimum atomic E-state index is -0.425. The van der Waals surface area contributed by atoms with E-state index in [9.17, 15) is 14.7 Å². The van der Waals surface area contributed by atoms with Crippen LogP contribution in [0, 0.1) is 5.92 Å². The number of carbonyl (C=O) groups excluding carboxylic acids is 2. The van der Waals surface area contributed by atoms with Crippen molar-refractivity contribution in [3.05, 3.63) is 34.6 Å². The van der Waals surface area contributed by atoms with Crippen molar-refractivity contribution in [1.29, 1.82) is 0 Å². The van der Waals surface area contributed by atoms with E-state index in [1.807, 2.05) is 6.92 Å². The van der Waals surface area contributed by atoms with E-state index in [2.05, 4.69) is 19.9 Å². The van der Waals surface area contributed by atoms with E-state index in [1.54, 1.807) is 6.92 Å². The fourth-order valence-corrected chi connectivity index (χ4v) is 2.20. The van der Waals surface area contributed by atoms with Crippen LogP contribution in [-0.2, 0) is 9.59 Å². The van der Waals surface area contributed by atoms with E-state index in [4.69, 9.17) is 0 Å². The summed E-state index contributed by atoms with van der Waals surface area (Å²) in [6.45, 7) is 7.53. The predicted molar refractivity (Wildman–Crippen MR) is 75.9 cm³/mol. The van der Waals surface area contributed by atoms with Crippen LogP contribution in [0.25, 0.3) is 0 Å². The molecule has 0 radical (unpaired) electrons. The minimum Gasteiger partial charge on any atom is -0.504 e. The van der Waals surface area contributed by atoms with Crippen LogP contribution in [0.15, 0.2) is 34.6 Å². The minimum absolute atomic E-state index is 0.0913. The molecule has 0 aromatic rings. The van der Waals surface area contributed by atoms with Gasteiger partial charge in [0.2, 0.25) is 5.78 Å². The van der Waals surface area contributed by atoms with Crippen LogP contribution in [-0.4, -0.2) is 16.7 Å². The summed E-state index contributed by atoms with van der Waals surface area (Å²) in [5, 5.41) is 9.85. The first-order valence-electron chi connectivity index (χ1n) is 6.68. The van der Waals surface area contributed by atoms with Crippen molar-refractivity contribution in [2.45, 2.75) is 47.0 Å². The molecule has 0 amide bonds. The van der Waals surface area contributed by atoms with Crippen molar-refractivity contribution in [2.24, 2.45) is 5.92 Å². The zero-order valence-corrected chi connectivity index (χ0v) is 12.1. The fraction of sp³-hybridized carbons (Fsp3) is 0.500. The smallest absolute Gasteiger partial charge is 0.223 e. The summed E-state index contributed by atoms with van der Waals surface area (Å²) >= 11 is 0. The third kappa shape index (κ3) is 3.91. The van der Waals surface area contributed by atoms with Gasteiger partial charge in [-0.2, -0.15) is 0 Å². The molecule has 3 heteroatoms. The maximum atomic E-state index is 11.9. The van der Waals surface area contributed by atoms with Crippen LogP contribution in [0.2, 0.25) is 0 Å². The van der Waals surface area contributed by atoms with E-state index in [-0.39, 0.29) is 23.0 Å². The quantitative estimate of drug-likeness (QED) is 0.467. The molecule has 104 valence electrons. The van der Waals surface area contributed by atoms with Gasteiger partial charge in [-0.1, -0.05) is 18.6 Å². The summed E-state index contributed by atoms with van der Waals surface area (Å²) < 4.78 is 0. The van der Waals surface area contributed by atoms with Crippen LogP contribution < -0.4 is 0 Å². The molecule has 0 bridgehead atoms. The maximum absolute atomic E-state index is 11.9. The number of hydrogen-bond acceptors (Lipinski definition) is 3. The molecule has 0 aromatic carbocycles. The highest BCUT2D eigenvalue weighted by Crippen LogP contribution is 2.26. The molecule has 3 nitrogen and oxygen atoms in total. The molecule has 0 saturated heterocycles. The van der Waals surface area contributed by atoms with Crippen molar-refractivity contribution in [2.75, 3.05) is 0 Å². The van der Waals surface area contributed by atoms with Crippen LogP contribution in [0.3, 0.4) is 0 Å². The van der Waals surface area contributed by atoms with Gasteiger partial charge in [-0.15, -0.1) is 0 Å². The SMILES string of the molecule is CC(C)=CCCC[C@H](C)C1=C(O)C(=O)C(C)=CC1=O. The molecule has 0 aliphatic heterocycles. The first-order valence-corrected chi connectivity index (χ1v) is 6.68. The van der Waals surface area contributed by atoms with Gasteiger partial charge in [-0.05, 0) is 52.0 Å². The van der Waals surface area contributed by atoms with E-state index < -0.39 is 5.78 Å². The Labute approximate surface area is 114 Å². The van der Waals surface area contributed by atoms with Crippen LogP contribution in [0.5, 0.6) is 0 Å². The summed E-state index contributed by atoms with van der Waals surface area (Å²) in [5.74, 6) is -1.11. The van der Waals surface area contributed by atoms with Crippen molar-refractivity contribution in [1.82, 2.24) is 0 Å². The molecule has 0 spiro atoms. The molecule has 1 aliphatic rings. The van der Waals surface area contributed by atoms with Crippen molar-refractivity contribution >= 4 is 11.6 Å². The summed E-state index contributed by atoms with van der Waals surface area (Å²) in [6, 6.07) is 0. The summed E-state index contributed by atoms with van der Waals surface area (Å²) in [6.07, 6.45) is 6.16. The molecule has 0 saturated carbocycles. The third-order valence-electron chi connectivity index (χ3n) is 3.33. The standard InChI is InChI=1S/C16H22O3/c1-10(2)7-5-6-8-11(3)14-13(17)9-12(4)15(18)16(14)19/h7,9,11,19H,5-6,8H2,1-4H3/t11-/m0/s1. The number of unbranched alkanes of at least 4 members (excludes halogenated alkanes) is 1. The molecule has 1 rings (SSSR count). The number of Topliss-reactive ketones (excluding diaryl/α,β-unsaturated/α-hetero) is 1.